The molecule has 16 heavy (non-hydrogen) atoms. The van der Waals surface area contributed by atoms with Crippen LogP contribution < -0.4 is 5.32 Å². The Morgan fingerprint density at radius 3 is 2.31 bits per heavy atom. The average molecular weight is 229 g/mol. The summed E-state index contributed by atoms with van der Waals surface area (Å²) >= 11 is 0. The maximum absolute atomic E-state index is 11.2. The van der Waals surface area contributed by atoms with Crippen molar-refractivity contribution in [2.24, 2.45) is 0 Å². The van der Waals surface area contributed by atoms with Gasteiger partial charge >= 0.3 is 12.1 Å². The molecule has 0 bridgehead atoms. The first kappa shape index (κ1) is 14.5. The molecule has 0 aromatic rings. The Hall–Kier alpha value is -1.52. The molecule has 92 valence electrons. The van der Waals surface area contributed by atoms with Gasteiger partial charge in [0.15, 0.2) is 0 Å². The fourth-order valence-corrected chi connectivity index (χ4v) is 0.837. The van der Waals surface area contributed by atoms with Gasteiger partial charge in [0, 0.05) is 12.6 Å². The quantitative estimate of drug-likeness (QED) is 0.590. The third-order valence-electron chi connectivity index (χ3n) is 1.48. The molecule has 0 saturated heterocycles. The molecule has 0 fully saturated rings. The Bertz CT molecular complexity index is 289. The number of esters is 1. The number of ether oxygens (including phenoxy) is 2. The Morgan fingerprint density at radius 1 is 1.31 bits per heavy atom. The molecule has 0 atom stereocenters. The third kappa shape index (κ3) is 7.84. The van der Waals surface area contributed by atoms with E-state index in [-0.39, 0.29) is 6.54 Å². The summed E-state index contributed by atoms with van der Waals surface area (Å²) in [6, 6.07) is 0. The van der Waals surface area contributed by atoms with Gasteiger partial charge in [0.2, 0.25) is 0 Å². The first-order valence-corrected chi connectivity index (χ1v) is 4.96. The summed E-state index contributed by atoms with van der Waals surface area (Å²) < 4.78 is 9.47. The van der Waals surface area contributed by atoms with E-state index in [0.717, 1.165) is 0 Å². The van der Waals surface area contributed by atoms with E-state index in [1.807, 2.05) is 0 Å². The van der Waals surface area contributed by atoms with Crippen molar-refractivity contribution in [1.82, 2.24) is 5.32 Å². The van der Waals surface area contributed by atoms with Crippen LogP contribution in [0.15, 0.2) is 11.6 Å². The minimum Gasteiger partial charge on any atom is -0.466 e. The lowest BCUT2D eigenvalue weighted by Gasteiger charge is -2.19. The molecule has 0 saturated carbocycles. The molecule has 0 aromatic carbocycles. The zero-order valence-corrected chi connectivity index (χ0v) is 10.4. The Kier molecular flexibility index (Phi) is 5.56. The lowest BCUT2D eigenvalue weighted by Crippen LogP contribution is -2.33. The second-order valence-corrected chi connectivity index (χ2v) is 4.37. The van der Waals surface area contributed by atoms with Crippen LogP contribution >= 0.6 is 0 Å². The molecule has 1 N–H and O–H groups in total. The maximum atomic E-state index is 11.2. The van der Waals surface area contributed by atoms with Crippen LogP contribution in [0.1, 0.15) is 27.7 Å². The highest BCUT2D eigenvalue weighted by Gasteiger charge is 2.15. The minimum absolute atomic E-state index is 0.254. The molecule has 0 aromatic heterocycles. The Labute approximate surface area is 95.8 Å². The van der Waals surface area contributed by atoms with Crippen molar-refractivity contribution in [3.63, 3.8) is 0 Å². The van der Waals surface area contributed by atoms with Gasteiger partial charge in [-0.05, 0) is 33.3 Å². The van der Waals surface area contributed by atoms with Crippen molar-refractivity contribution in [2.75, 3.05) is 13.7 Å². The number of carbonyl (C=O) groups excluding carboxylic acids is 2. The number of alkyl carbamates (subject to hydrolysis) is 1. The fraction of sp³-hybridized carbons (Fsp3) is 0.636. The van der Waals surface area contributed by atoms with Gasteiger partial charge < -0.3 is 14.8 Å². The molecule has 5 heteroatoms. The van der Waals surface area contributed by atoms with E-state index in [0.29, 0.717) is 5.57 Å². The van der Waals surface area contributed by atoms with Crippen molar-refractivity contribution in [1.29, 1.82) is 0 Å². The second-order valence-electron chi connectivity index (χ2n) is 4.37. The lowest BCUT2D eigenvalue weighted by atomic mass is 10.2. The normalized spacial score (nSPS) is 11.9. The van der Waals surface area contributed by atoms with Gasteiger partial charge in [-0.25, -0.2) is 9.59 Å². The van der Waals surface area contributed by atoms with E-state index in [9.17, 15) is 9.59 Å². The van der Waals surface area contributed by atoms with Crippen molar-refractivity contribution < 1.29 is 19.1 Å². The molecular weight excluding hydrogens is 210 g/mol. The van der Waals surface area contributed by atoms with Crippen LogP contribution in [-0.2, 0) is 14.3 Å². The van der Waals surface area contributed by atoms with Crippen LogP contribution in [-0.4, -0.2) is 31.3 Å². The number of amides is 1. The summed E-state index contributed by atoms with van der Waals surface area (Å²) in [5.74, 6) is -0.441. The van der Waals surface area contributed by atoms with E-state index in [1.54, 1.807) is 27.7 Å². The number of hydrogen-bond donors (Lipinski definition) is 1. The molecule has 0 unspecified atom stereocenters. The Balaban J connectivity index is 4.02. The molecule has 0 spiro atoms. The maximum Gasteiger partial charge on any atom is 0.407 e. The number of hydrogen-bond acceptors (Lipinski definition) is 4. The minimum atomic E-state index is -0.524. The summed E-state index contributed by atoms with van der Waals surface area (Å²) in [4.78, 5) is 22.1. The molecule has 0 aliphatic heterocycles. The van der Waals surface area contributed by atoms with Gasteiger partial charge in [-0.15, -0.1) is 0 Å². The van der Waals surface area contributed by atoms with E-state index in [2.05, 4.69) is 10.1 Å². The van der Waals surface area contributed by atoms with Gasteiger partial charge in [0.05, 0.1) is 7.11 Å². The number of carbonyl (C=O) groups is 2. The van der Waals surface area contributed by atoms with Crippen molar-refractivity contribution >= 4 is 12.1 Å². The van der Waals surface area contributed by atoms with Gasteiger partial charge in [-0.3, -0.25) is 0 Å². The standard InChI is InChI=1S/C11H19NO4/c1-8(6-9(13)15-5)7-12-10(14)16-11(2,3)4/h6H,7H2,1-5H3,(H,12,14). The summed E-state index contributed by atoms with van der Waals surface area (Å²) in [7, 11) is 1.30. The second kappa shape index (κ2) is 6.15. The highest BCUT2D eigenvalue weighted by Crippen LogP contribution is 2.06. The molecule has 0 heterocycles. The summed E-state index contributed by atoms with van der Waals surface area (Å²) in [6.07, 6.45) is 0.808. The predicted molar refractivity (Wildman–Crippen MR) is 60.0 cm³/mol. The molecule has 0 aliphatic rings. The molecule has 1 amide bonds. The lowest BCUT2D eigenvalue weighted by molar-refractivity contribution is -0.134. The Morgan fingerprint density at radius 2 is 1.88 bits per heavy atom. The third-order valence-corrected chi connectivity index (χ3v) is 1.48. The smallest absolute Gasteiger partial charge is 0.407 e. The fourth-order valence-electron chi connectivity index (χ4n) is 0.837. The molecule has 0 aliphatic carbocycles. The van der Waals surface area contributed by atoms with Crippen LogP contribution in [0, 0.1) is 0 Å². The highest BCUT2D eigenvalue weighted by molar-refractivity contribution is 5.82. The van der Waals surface area contributed by atoms with Crippen LogP contribution in [0.4, 0.5) is 4.79 Å². The van der Waals surface area contributed by atoms with Crippen LogP contribution in [0.25, 0.3) is 0 Å². The van der Waals surface area contributed by atoms with E-state index in [4.69, 9.17) is 4.74 Å². The van der Waals surface area contributed by atoms with Gasteiger partial charge in [-0.1, -0.05) is 0 Å². The largest absolute Gasteiger partial charge is 0.466 e. The van der Waals surface area contributed by atoms with Gasteiger partial charge in [-0.2, -0.15) is 0 Å². The summed E-state index contributed by atoms with van der Waals surface area (Å²) in [5.41, 5.74) is 0.169. The molecule has 5 nitrogen and oxygen atoms in total. The average Bonchev–Trinajstić information content (AvgIpc) is 2.12. The topological polar surface area (TPSA) is 64.6 Å². The zero-order valence-electron chi connectivity index (χ0n) is 10.4. The molecular formula is C11H19NO4. The van der Waals surface area contributed by atoms with Crippen molar-refractivity contribution in [3.8, 4) is 0 Å². The predicted octanol–water partition coefficient (Wildman–Crippen LogP) is 1.63. The van der Waals surface area contributed by atoms with Crippen molar-refractivity contribution in [3.05, 3.63) is 11.6 Å². The van der Waals surface area contributed by atoms with Gasteiger partial charge in [0.1, 0.15) is 5.60 Å². The van der Waals surface area contributed by atoms with Gasteiger partial charge in [0.25, 0.3) is 0 Å². The number of nitrogens with one attached hydrogen (secondary N) is 1. The molecule has 0 rings (SSSR count). The monoisotopic (exact) mass is 229 g/mol. The van der Waals surface area contributed by atoms with Crippen LogP contribution in [0.2, 0.25) is 0 Å². The first-order chi connectivity index (χ1) is 7.24. The SMILES string of the molecule is COC(=O)C=C(C)CNC(=O)OC(C)(C)C. The van der Waals surface area contributed by atoms with E-state index in [1.165, 1.54) is 13.2 Å². The van der Waals surface area contributed by atoms with Crippen LogP contribution in [0.3, 0.4) is 0 Å². The molecule has 0 radical (unpaired) electrons. The highest BCUT2D eigenvalue weighted by atomic mass is 16.6. The number of rotatable bonds is 3. The first-order valence-electron chi connectivity index (χ1n) is 4.96. The zero-order chi connectivity index (χ0) is 12.8. The van der Waals surface area contributed by atoms with Crippen LogP contribution in [0.5, 0.6) is 0 Å². The van der Waals surface area contributed by atoms with E-state index < -0.39 is 17.7 Å². The van der Waals surface area contributed by atoms with E-state index >= 15 is 0 Å². The summed E-state index contributed by atoms with van der Waals surface area (Å²) in [6.45, 7) is 7.31. The summed E-state index contributed by atoms with van der Waals surface area (Å²) in [5, 5.41) is 2.53. The number of methoxy groups -OCH3 is 1. The van der Waals surface area contributed by atoms with Crippen molar-refractivity contribution in [2.45, 2.75) is 33.3 Å².